The van der Waals surface area contributed by atoms with Crippen LogP contribution in [0.25, 0.3) is 0 Å². The number of hydrogen-bond acceptors (Lipinski definition) is 4. The van der Waals surface area contributed by atoms with Crippen molar-refractivity contribution in [2.24, 2.45) is 0 Å². The van der Waals surface area contributed by atoms with Crippen LogP contribution in [0.15, 0.2) is 40.9 Å². The number of rotatable bonds is 11. The molecule has 0 heterocycles. The number of unbranched alkanes of at least 4 members (excludes halogenated alkanes) is 2. The number of carbonyl (C=O) groups is 2. The summed E-state index contributed by atoms with van der Waals surface area (Å²) in [7, 11) is 2.84. The number of esters is 2. The number of ether oxygens (including phenoxy) is 2. The monoisotopic (exact) mass is 398 g/mol. The molecule has 0 atom stereocenters. The fraction of sp³-hybridized carbons (Fsp3) is 0.474. The molecule has 0 radical (unpaired) electrons. The zero-order valence-electron chi connectivity index (χ0n) is 14.5. The molecule has 1 aromatic carbocycles. The summed E-state index contributed by atoms with van der Waals surface area (Å²) in [4.78, 5) is 22.3. The third-order valence-electron chi connectivity index (χ3n) is 3.46. The van der Waals surface area contributed by atoms with Crippen molar-refractivity contribution in [1.29, 1.82) is 0 Å². The van der Waals surface area contributed by atoms with E-state index in [1.165, 1.54) is 23.2 Å². The molecule has 0 N–H and O–H groups in total. The van der Waals surface area contributed by atoms with Crippen LogP contribution >= 0.6 is 0 Å². The van der Waals surface area contributed by atoms with Crippen LogP contribution in [0.4, 0.5) is 0 Å². The fourth-order valence-corrected chi connectivity index (χ4v) is 4.31. The molecule has 0 aliphatic heterocycles. The van der Waals surface area contributed by atoms with Crippen LogP contribution in [0.5, 0.6) is 0 Å². The van der Waals surface area contributed by atoms with Crippen molar-refractivity contribution in [3.63, 3.8) is 0 Å². The Labute approximate surface area is 150 Å². The summed E-state index contributed by atoms with van der Waals surface area (Å²) in [5, 5.41) is 0. The van der Waals surface area contributed by atoms with E-state index < -0.39 is 0 Å². The van der Waals surface area contributed by atoms with E-state index >= 15 is 0 Å². The Morgan fingerprint density at radius 1 is 0.917 bits per heavy atom. The van der Waals surface area contributed by atoms with Crippen molar-refractivity contribution >= 4 is 31.4 Å². The molecular weight excluding hydrogens is 371 g/mol. The summed E-state index contributed by atoms with van der Waals surface area (Å²) < 4.78 is 12.1. The van der Waals surface area contributed by atoms with Crippen LogP contribution in [0.1, 0.15) is 44.9 Å². The molecule has 132 valence electrons. The van der Waals surface area contributed by atoms with Gasteiger partial charge in [0.15, 0.2) is 0 Å². The normalized spacial score (nSPS) is 11.2. The van der Waals surface area contributed by atoms with Gasteiger partial charge in [0.25, 0.3) is 0 Å². The summed E-state index contributed by atoms with van der Waals surface area (Å²) in [6.07, 6.45) is 7.70. The molecule has 5 heteroatoms. The Bertz CT molecular complexity index is 525. The molecule has 24 heavy (non-hydrogen) atoms. The molecule has 0 saturated carbocycles. The van der Waals surface area contributed by atoms with Crippen molar-refractivity contribution in [3.8, 4) is 0 Å². The molecule has 1 rings (SSSR count). The molecule has 0 aromatic heterocycles. The van der Waals surface area contributed by atoms with E-state index in [4.69, 9.17) is 0 Å². The third kappa shape index (κ3) is 9.53. The van der Waals surface area contributed by atoms with Gasteiger partial charge in [-0.2, -0.15) is 0 Å². The van der Waals surface area contributed by atoms with Crippen molar-refractivity contribution in [1.82, 2.24) is 0 Å². The fourth-order valence-electron chi connectivity index (χ4n) is 2.12. The molecule has 0 amide bonds. The maximum absolute atomic E-state index is 11.2. The molecule has 0 aliphatic rings. The molecule has 0 saturated heterocycles. The van der Waals surface area contributed by atoms with Crippen LogP contribution in [-0.4, -0.2) is 41.1 Å². The quantitative estimate of drug-likeness (QED) is 0.327. The van der Waals surface area contributed by atoms with Gasteiger partial charge in [0, 0.05) is 0 Å². The van der Waals surface area contributed by atoms with Gasteiger partial charge in [-0.1, -0.05) is 0 Å². The molecule has 4 nitrogen and oxygen atoms in total. The predicted molar refractivity (Wildman–Crippen MR) is 96.3 cm³/mol. The maximum atomic E-state index is 11.2. The topological polar surface area (TPSA) is 52.6 Å². The van der Waals surface area contributed by atoms with Crippen LogP contribution in [0.3, 0.4) is 0 Å². The minimum absolute atomic E-state index is 0.146. The molecule has 0 unspecified atom stereocenters. The first-order valence-electron chi connectivity index (χ1n) is 8.21. The van der Waals surface area contributed by atoms with E-state index in [9.17, 15) is 9.59 Å². The van der Waals surface area contributed by atoms with Gasteiger partial charge in [-0.05, 0) is 0 Å². The van der Waals surface area contributed by atoms with Gasteiger partial charge in [0.2, 0.25) is 0 Å². The van der Waals surface area contributed by atoms with Crippen molar-refractivity contribution < 1.29 is 19.1 Å². The SMILES string of the molecule is COC(=O)CCC/C=C(/CCCCC(=O)OC)[Se]c1ccccc1. The Morgan fingerprint density at radius 2 is 1.50 bits per heavy atom. The summed E-state index contributed by atoms with van der Waals surface area (Å²) in [5.41, 5.74) is 0. The second-order valence-corrected chi connectivity index (χ2v) is 7.85. The van der Waals surface area contributed by atoms with Crippen LogP contribution in [0.2, 0.25) is 0 Å². The first-order chi connectivity index (χ1) is 11.7. The Hall–Kier alpha value is -1.58. The Balaban J connectivity index is 2.48. The number of methoxy groups -OCH3 is 2. The van der Waals surface area contributed by atoms with E-state index in [2.05, 4.69) is 39.8 Å². The summed E-state index contributed by atoms with van der Waals surface area (Å²) in [6.45, 7) is 0. The molecule has 0 spiro atoms. The van der Waals surface area contributed by atoms with Gasteiger partial charge in [-0.15, -0.1) is 0 Å². The van der Waals surface area contributed by atoms with E-state index in [1.807, 2.05) is 6.07 Å². The number of allylic oxidation sites excluding steroid dienone is 2. The minimum atomic E-state index is -0.156. The summed E-state index contributed by atoms with van der Waals surface area (Å²) in [6, 6.07) is 10.4. The van der Waals surface area contributed by atoms with Crippen molar-refractivity contribution in [2.45, 2.75) is 44.9 Å². The van der Waals surface area contributed by atoms with Gasteiger partial charge in [-0.3, -0.25) is 0 Å². The van der Waals surface area contributed by atoms with E-state index in [0.717, 1.165) is 32.1 Å². The predicted octanol–water partition coefficient (Wildman–Crippen LogP) is 2.98. The number of carbonyl (C=O) groups excluding carboxylic acids is 2. The third-order valence-corrected chi connectivity index (χ3v) is 5.85. The first kappa shape index (κ1) is 20.5. The van der Waals surface area contributed by atoms with Gasteiger partial charge in [0.05, 0.1) is 0 Å². The van der Waals surface area contributed by atoms with Gasteiger partial charge in [0.1, 0.15) is 0 Å². The molecular formula is C19H26O4Se. The number of hydrogen-bond donors (Lipinski definition) is 0. The zero-order chi connectivity index (χ0) is 17.6. The molecule has 0 aliphatic carbocycles. The standard InChI is InChI=1S/C19H26O4Se/c1-22-18(20)14-8-6-12-17(13-7-9-15-19(21)23-2)24-16-10-4-3-5-11-16/h3-5,10-12H,6-9,13-15H2,1-2H3/b17-12-. The second-order valence-electron chi connectivity index (χ2n) is 5.34. The van der Waals surface area contributed by atoms with Crippen LogP contribution in [-0.2, 0) is 19.1 Å². The average molecular weight is 397 g/mol. The summed E-state index contributed by atoms with van der Waals surface area (Å²) in [5.74, 6) is -0.302. The van der Waals surface area contributed by atoms with E-state index in [0.29, 0.717) is 12.8 Å². The van der Waals surface area contributed by atoms with E-state index in [1.54, 1.807) is 0 Å². The molecule has 1 aromatic rings. The molecule has 0 bridgehead atoms. The van der Waals surface area contributed by atoms with Crippen molar-refractivity contribution in [3.05, 3.63) is 40.9 Å². The van der Waals surface area contributed by atoms with Crippen LogP contribution in [0, 0.1) is 0 Å². The van der Waals surface area contributed by atoms with Crippen LogP contribution < -0.4 is 4.46 Å². The van der Waals surface area contributed by atoms with Gasteiger partial charge in [-0.25, -0.2) is 0 Å². The zero-order valence-corrected chi connectivity index (χ0v) is 16.2. The van der Waals surface area contributed by atoms with Crippen molar-refractivity contribution in [2.75, 3.05) is 14.2 Å². The number of benzene rings is 1. The first-order valence-corrected chi connectivity index (χ1v) is 9.92. The summed E-state index contributed by atoms with van der Waals surface area (Å²) >= 11 is 0.289. The van der Waals surface area contributed by atoms with E-state index in [-0.39, 0.29) is 26.9 Å². The Kier molecular flexibility index (Phi) is 10.9. The van der Waals surface area contributed by atoms with Gasteiger partial charge < -0.3 is 0 Å². The molecule has 0 fully saturated rings. The Morgan fingerprint density at radius 3 is 2.12 bits per heavy atom. The average Bonchev–Trinajstić information content (AvgIpc) is 2.62. The second kappa shape index (κ2) is 12.8. The van der Waals surface area contributed by atoms with Gasteiger partial charge >= 0.3 is 150 Å².